The first kappa shape index (κ1) is 18.1. The van der Waals surface area contributed by atoms with Gasteiger partial charge in [0.05, 0.1) is 12.6 Å². The normalized spacial score (nSPS) is 12.0. The molecule has 0 saturated heterocycles. The minimum atomic E-state index is -0.0996. The molecule has 0 aliphatic rings. The van der Waals surface area contributed by atoms with Crippen molar-refractivity contribution in [3.63, 3.8) is 0 Å². The number of unbranched alkanes of at least 4 members (excludes halogenated alkanes) is 1. The number of hydrogen-bond acceptors (Lipinski definition) is 3. The van der Waals surface area contributed by atoms with Gasteiger partial charge in [0.25, 0.3) is 0 Å². The van der Waals surface area contributed by atoms with Crippen molar-refractivity contribution in [2.75, 3.05) is 6.61 Å². The number of rotatable bonds is 8. The lowest BCUT2D eigenvalue weighted by atomic mass is 10.1. The fraction of sp³-hybridized carbons (Fsp3) is 0.450. The predicted molar refractivity (Wildman–Crippen MR) is 95.3 cm³/mol. The molecule has 1 atom stereocenters. The minimum absolute atomic E-state index is 0.0447. The molecule has 130 valence electrons. The van der Waals surface area contributed by atoms with Crippen LogP contribution in [0.1, 0.15) is 54.9 Å². The molecule has 0 aliphatic carbocycles. The largest absolute Gasteiger partial charge is 0.493 e. The Morgan fingerprint density at radius 3 is 2.67 bits per heavy atom. The van der Waals surface area contributed by atoms with E-state index in [4.69, 9.17) is 9.15 Å². The maximum Gasteiger partial charge on any atom is 0.220 e. The molecular formula is C20H27NO3. The Hall–Kier alpha value is -2.23. The summed E-state index contributed by atoms with van der Waals surface area (Å²) in [6.07, 6.45) is 2.16. The lowest BCUT2D eigenvalue weighted by Crippen LogP contribution is -2.26. The summed E-state index contributed by atoms with van der Waals surface area (Å²) >= 11 is 0. The van der Waals surface area contributed by atoms with Crippen molar-refractivity contribution in [1.82, 2.24) is 5.32 Å². The fourth-order valence-corrected chi connectivity index (χ4v) is 2.50. The Balaban J connectivity index is 1.65. The van der Waals surface area contributed by atoms with Crippen LogP contribution in [0.4, 0.5) is 0 Å². The Labute approximate surface area is 144 Å². The maximum atomic E-state index is 12.0. The van der Waals surface area contributed by atoms with Crippen LogP contribution < -0.4 is 10.1 Å². The molecule has 0 aliphatic heterocycles. The second kappa shape index (κ2) is 8.57. The Morgan fingerprint density at radius 2 is 1.96 bits per heavy atom. The zero-order chi connectivity index (χ0) is 17.5. The van der Waals surface area contributed by atoms with E-state index in [1.807, 2.05) is 32.9 Å². The van der Waals surface area contributed by atoms with Crippen molar-refractivity contribution < 1.29 is 13.9 Å². The van der Waals surface area contributed by atoms with E-state index in [1.165, 1.54) is 5.56 Å². The number of furan rings is 1. The molecule has 4 heteroatoms. The molecule has 1 aromatic carbocycles. The highest BCUT2D eigenvalue weighted by Crippen LogP contribution is 2.19. The van der Waals surface area contributed by atoms with E-state index in [0.717, 1.165) is 35.7 Å². The van der Waals surface area contributed by atoms with Crippen molar-refractivity contribution in [1.29, 1.82) is 0 Å². The number of nitrogens with one attached hydrogen (secondary N) is 1. The molecule has 2 aromatic rings. The van der Waals surface area contributed by atoms with Gasteiger partial charge in [0, 0.05) is 6.42 Å². The molecule has 0 radical (unpaired) electrons. The van der Waals surface area contributed by atoms with Crippen LogP contribution in [0.2, 0.25) is 0 Å². The van der Waals surface area contributed by atoms with Crippen molar-refractivity contribution in [2.45, 2.75) is 53.0 Å². The zero-order valence-corrected chi connectivity index (χ0v) is 15.0. The highest BCUT2D eigenvalue weighted by atomic mass is 16.5. The first-order valence-electron chi connectivity index (χ1n) is 8.51. The molecule has 1 amide bonds. The quantitative estimate of drug-likeness (QED) is 0.718. The number of amides is 1. The molecule has 0 bridgehead atoms. The van der Waals surface area contributed by atoms with Gasteiger partial charge in [-0.25, -0.2) is 0 Å². The van der Waals surface area contributed by atoms with Crippen LogP contribution in [-0.2, 0) is 4.79 Å². The predicted octanol–water partition coefficient (Wildman–Crippen LogP) is 4.63. The molecule has 1 N–H and O–H groups in total. The van der Waals surface area contributed by atoms with E-state index in [0.29, 0.717) is 13.0 Å². The Kier molecular flexibility index (Phi) is 6.47. The molecule has 1 aromatic heterocycles. The van der Waals surface area contributed by atoms with Gasteiger partial charge in [-0.2, -0.15) is 0 Å². The second-order valence-corrected chi connectivity index (χ2v) is 6.31. The molecule has 0 fully saturated rings. The monoisotopic (exact) mass is 329 g/mol. The maximum absolute atomic E-state index is 12.0. The SMILES string of the molecule is Cc1ccc(C)c(OCCCCC(=O)NC(C)c2ccc(C)o2)c1. The summed E-state index contributed by atoms with van der Waals surface area (Å²) in [4.78, 5) is 12.0. The lowest BCUT2D eigenvalue weighted by molar-refractivity contribution is -0.122. The standard InChI is InChI=1S/C20H27NO3/c1-14-8-9-15(2)19(13-14)23-12-6-5-7-20(22)21-17(4)18-11-10-16(3)24-18/h8-11,13,17H,5-7,12H2,1-4H3,(H,21,22). The van der Waals surface area contributed by atoms with E-state index in [2.05, 4.69) is 30.4 Å². The number of benzene rings is 1. The average Bonchev–Trinajstić information content (AvgIpc) is 2.97. The van der Waals surface area contributed by atoms with E-state index < -0.39 is 0 Å². The third-order valence-electron chi connectivity index (χ3n) is 3.96. The number of hydrogen-bond donors (Lipinski definition) is 1. The van der Waals surface area contributed by atoms with Crippen LogP contribution in [0.5, 0.6) is 5.75 Å². The van der Waals surface area contributed by atoms with Crippen LogP contribution in [-0.4, -0.2) is 12.5 Å². The van der Waals surface area contributed by atoms with Gasteiger partial charge in [-0.05, 0) is 69.9 Å². The van der Waals surface area contributed by atoms with Gasteiger partial charge < -0.3 is 14.5 Å². The van der Waals surface area contributed by atoms with Crippen LogP contribution in [0.15, 0.2) is 34.7 Å². The minimum Gasteiger partial charge on any atom is -0.493 e. The summed E-state index contributed by atoms with van der Waals surface area (Å²) in [6.45, 7) is 8.55. The first-order valence-corrected chi connectivity index (χ1v) is 8.51. The van der Waals surface area contributed by atoms with Gasteiger partial charge in [0.1, 0.15) is 17.3 Å². The molecule has 1 heterocycles. The summed E-state index contributed by atoms with van der Waals surface area (Å²) in [5, 5.41) is 2.96. The van der Waals surface area contributed by atoms with Crippen molar-refractivity contribution in [3.05, 3.63) is 53.0 Å². The molecular weight excluding hydrogens is 302 g/mol. The number of carbonyl (C=O) groups excluding carboxylic acids is 1. The smallest absolute Gasteiger partial charge is 0.220 e. The van der Waals surface area contributed by atoms with E-state index >= 15 is 0 Å². The van der Waals surface area contributed by atoms with Crippen LogP contribution >= 0.6 is 0 Å². The topological polar surface area (TPSA) is 51.5 Å². The van der Waals surface area contributed by atoms with Crippen molar-refractivity contribution >= 4 is 5.91 Å². The highest BCUT2D eigenvalue weighted by Gasteiger charge is 2.12. The first-order chi connectivity index (χ1) is 11.5. The Morgan fingerprint density at radius 1 is 1.17 bits per heavy atom. The number of carbonyl (C=O) groups is 1. The van der Waals surface area contributed by atoms with Gasteiger partial charge in [-0.3, -0.25) is 4.79 Å². The van der Waals surface area contributed by atoms with Crippen molar-refractivity contribution in [3.8, 4) is 5.75 Å². The zero-order valence-electron chi connectivity index (χ0n) is 15.0. The molecule has 1 unspecified atom stereocenters. The molecule has 2 rings (SSSR count). The van der Waals surface area contributed by atoms with E-state index in [9.17, 15) is 4.79 Å². The Bertz CT molecular complexity index is 675. The fourth-order valence-electron chi connectivity index (χ4n) is 2.50. The third kappa shape index (κ3) is 5.44. The molecule has 24 heavy (non-hydrogen) atoms. The van der Waals surface area contributed by atoms with Gasteiger partial charge >= 0.3 is 0 Å². The van der Waals surface area contributed by atoms with Gasteiger partial charge in [0.2, 0.25) is 5.91 Å². The van der Waals surface area contributed by atoms with E-state index in [-0.39, 0.29) is 11.9 Å². The molecule has 0 spiro atoms. The molecule has 0 saturated carbocycles. The van der Waals surface area contributed by atoms with Crippen LogP contribution in [0.3, 0.4) is 0 Å². The van der Waals surface area contributed by atoms with Crippen LogP contribution in [0.25, 0.3) is 0 Å². The lowest BCUT2D eigenvalue weighted by Gasteiger charge is -2.12. The summed E-state index contributed by atoms with van der Waals surface area (Å²) in [5.74, 6) is 2.62. The summed E-state index contributed by atoms with van der Waals surface area (Å²) in [7, 11) is 0. The van der Waals surface area contributed by atoms with E-state index in [1.54, 1.807) is 0 Å². The third-order valence-corrected chi connectivity index (χ3v) is 3.96. The summed E-state index contributed by atoms with van der Waals surface area (Å²) in [6, 6.07) is 9.90. The molecule has 4 nitrogen and oxygen atoms in total. The van der Waals surface area contributed by atoms with Gasteiger partial charge in [-0.1, -0.05) is 12.1 Å². The number of aryl methyl sites for hydroxylation is 3. The van der Waals surface area contributed by atoms with Gasteiger partial charge in [0.15, 0.2) is 0 Å². The second-order valence-electron chi connectivity index (χ2n) is 6.31. The van der Waals surface area contributed by atoms with Crippen LogP contribution in [0, 0.1) is 20.8 Å². The highest BCUT2D eigenvalue weighted by molar-refractivity contribution is 5.76. The summed E-state index contributed by atoms with van der Waals surface area (Å²) in [5.41, 5.74) is 2.33. The van der Waals surface area contributed by atoms with Gasteiger partial charge in [-0.15, -0.1) is 0 Å². The average molecular weight is 329 g/mol. The van der Waals surface area contributed by atoms with Crippen molar-refractivity contribution in [2.24, 2.45) is 0 Å². The summed E-state index contributed by atoms with van der Waals surface area (Å²) < 4.78 is 11.3. The number of ether oxygens (including phenoxy) is 1.